The normalized spacial score (nSPS) is 11.9. The van der Waals surface area contributed by atoms with Crippen LogP contribution in [0.4, 0.5) is 4.39 Å². The molecule has 5 nitrogen and oxygen atoms in total. The summed E-state index contributed by atoms with van der Waals surface area (Å²) in [4.78, 5) is 26.1. The van der Waals surface area contributed by atoms with Crippen molar-refractivity contribution in [3.8, 4) is 0 Å². The molecule has 0 aliphatic heterocycles. The largest absolute Gasteiger partial charge is 0.353 e. The molecule has 0 heterocycles. The maximum atomic E-state index is 12.9. The maximum absolute atomic E-state index is 12.9. The van der Waals surface area contributed by atoms with Crippen LogP contribution in [0.2, 0.25) is 0 Å². The zero-order chi connectivity index (χ0) is 19.8. The Morgan fingerprint density at radius 1 is 1.00 bits per heavy atom. The topological polar surface area (TPSA) is 61.4 Å². The lowest BCUT2D eigenvalue weighted by molar-refractivity contribution is -0.120. The van der Waals surface area contributed by atoms with Crippen molar-refractivity contribution in [1.29, 1.82) is 0 Å². The van der Waals surface area contributed by atoms with Gasteiger partial charge in [-0.05, 0) is 55.9 Å². The van der Waals surface area contributed by atoms with Crippen LogP contribution in [0.25, 0.3) is 0 Å². The van der Waals surface area contributed by atoms with Crippen molar-refractivity contribution in [1.82, 2.24) is 15.5 Å². The van der Waals surface area contributed by atoms with Gasteiger partial charge in [-0.15, -0.1) is 0 Å². The van der Waals surface area contributed by atoms with Crippen molar-refractivity contribution in [3.63, 3.8) is 0 Å². The van der Waals surface area contributed by atoms with Gasteiger partial charge in [0, 0.05) is 12.1 Å². The highest BCUT2D eigenvalue weighted by Crippen LogP contribution is 2.18. The van der Waals surface area contributed by atoms with Crippen molar-refractivity contribution in [2.45, 2.75) is 19.4 Å². The average molecular weight is 371 g/mol. The second kappa shape index (κ2) is 9.83. The Hall–Kier alpha value is -2.73. The predicted molar refractivity (Wildman–Crippen MR) is 104 cm³/mol. The molecule has 2 N–H and O–H groups in total. The van der Waals surface area contributed by atoms with Gasteiger partial charge in [0.2, 0.25) is 5.91 Å². The van der Waals surface area contributed by atoms with Crippen molar-refractivity contribution in [2.75, 3.05) is 27.2 Å². The molecule has 0 spiro atoms. The highest BCUT2D eigenvalue weighted by Gasteiger charge is 2.16. The van der Waals surface area contributed by atoms with E-state index in [1.807, 2.05) is 19.0 Å². The van der Waals surface area contributed by atoms with Gasteiger partial charge in [-0.2, -0.15) is 0 Å². The van der Waals surface area contributed by atoms with Gasteiger partial charge in [0.05, 0.1) is 12.6 Å². The SMILES string of the molecule is CCc1ccc(C(CNC(=O)CNC(=O)c2ccc(F)cc2)N(C)C)cc1. The molecule has 2 amide bonds. The monoisotopic (exact) mass is 371 g/mol. The quantitative estimate of drug-likeness (QED) is 0.750. The minimum Gasteiger partial charge on any atom is -0.353 e. The Balaban J connectivity index is 1.86. The van der Waals surface area contributed by atoms with Crippen LogP contribution in [-0.2, 0) is 11.2 Å². The van der Waals surface area contributed by atoms with Crippen LogP contribution in [0, 0.1) is 5.82 Å². The van der Waals surface area contributed by atoms with Gasteiger partial charge in [-0.3, -0.25) is 9.59 Å². The Bertz CT molecular complexity index is 758. The van der Waals surface area contributed by atoms with Crippen LogP contribution in [0.15, 0.2) is 48.5 Å². The summed E-state index contributed by atoms with van der Waals surface area (Å²) in [5, 5.41) is 5.39. The van der Waals surface area contributed by atoms with Crippen LogP contribution >= 0.6 is 0 Å². The fourth-order valence-electron chi connectivity index (χ4n) is 2.71. The number of likely N-dealkylation sites (N-methyl/N-ethyl adjacent to an activating group) is 1. The lowest BCUT2D eigenvalue weighted by Crippen LogP contribution is -2.40. The standard InChI is InChI=1S/C21H26FN3O2/c1-4-15-5-7-16(8-6-15)19(25(2)3)13-23-20(26)14-24-21(27)17-9-11-18(22)12-10-17/h5-12,19H,4,13-14H2,1-3H3,(H,23,26)(H,24,27). The lowest BCUT2D eigenvalue weighted by atomic mass is 10.0. The number of nitrogens with zero attached hydrogens (tertiary/aromatic N) is 1. The smallest absolute Gasteiger partial charge is 0.251 e. The summed E-state index contributed by atoms with van der Waals surface area (Å²) >= 11 is 0. The molecule has 0 saturated heterocycles. The number of rotatable bonds is 8. The van der Waals surface area contributed by atoms with Crippen LogP contribution in [0.1, 0.15) is 34.5 Å². The minimum absolute atomic E-state index is 0.0349. The molecule has 144 valence electrons. The van der Waals surface area contributed by atoms with E-state index in [1.54, 1.807) is 0 Å². The third kappa shape index (κ3) is 6.18. The molecule has 1 unspecified atom stereocenters. The molecule has 2 aromatic rings. The molecular weight excluding hydrogens is 345 g/mol. The summed E-state index contributed by atoms with van der Waals surface area (Å²) < 4.78 is 12.9. The first-order valence-electron chi connectivity index (χ1n) is 8.96. The van der Waals surface area contributed by atoms with Crippen molar-refractivity contribution < 1.29 is 14.0 Å². The van der Waals surface area contributed by atoms with E-state index in [4.69, 9.17) is 0 Å². The van der Waals surface area contributed by atoms with Crippen molar-refractivity contribution >= 4 is 11.8 Å². The Morgan fingerprint density at radius 2 is 1.63 bits per heavy atom. The van der Waals surface area contributed by atoms with Crippen LogP contribution in [0.3, 0.4) is 0 Å². The molecule has 2 aromatic carbocycles. The highest BCUT2D eigenvalue weighted by molar-refractivity contribution is 5.96. The summed E-state index contributed by atoms with van der Waals surface area (Å²) in [6.07, 6.45) is 0.984. The summed E-state index contributed by atoms with van der Waals surface area (Å²) in [6, 6.07) is 13.5. The van der Waals surface area contributed by atoms with Gasteiger partial charge >= 0.3 is 0 Å². The molecule has 0 aromatic heterocycles. The fourth-order valence-corrected chi connectivity index (χ4v) is 2.71. The number of amides is 2. The molecule has 6 heteroatoms. The molecule has 2 rings (SSSR count). The first kappa shape index (κ1) is 20.6. The van der Waals surface area contributed by atoms with E-state index in [-0.39, 0.29) is 18.5 Å². The van der Waals surface area contributed by atoms with Gasteiger partial charge in [-0.25, -0.2) is 4.39 Å². The lowest BCUT2D eigenvalue weighted by Gasteiger charge is -2.25. The van der Waals surface area contributed by atoms with Crippen LogP contribution in [-0.4, -0.2) is 43.9 Å². The van der Waals surface area contributed by atoms with Gasteiger partial charge in [-0.1, -0.05) is 31.2 Å². The number of hydrogen-bond acceptors (Lipinski definition) is 3. The minimum atomic E-state index is -0.413. The fraction of sp³-hybridized carbons (Fsp3) is 0.333. The molecule has 0 radical (unpaired) electrons. The molecule has 27 heavy (non-hydrogen) atoms. The van der Waals surface area contributed by atoms with Crippen molar-refractivity contribution in [2.24, 2.45) is 0 Å². The van der Waals surface area contributed by atoms with E-state index in [2.05, 4.69) is 41.8 Å². The molecule has 0 fully saturated rings. The van der Waals surface area contributed by atoms with E-state index in [0.29, 0.717) is 12.1 Å². The predicted octanol–water partition coefficient (Wildman–Crippen LogP) is 2.54. The molecule has 0 saturated carbocycles. The zero-order valence-corrected chi connectivity index (χ0v) is 16.0. The van der Waals surface area contributed by atoms with Gasteiger partial charge < -0.3 is 15.5 Å². The van der Waals surface area contributed by atoms with Gasteiger partial charge in [0.25, 0.3) is 5.91 Å². The molecule has 0 aliphatic rings. The van der Waals surface area contributed by atoms with Crippen molar-refractivity contribution in [3.05, 3.63) is 71.0 Å². The third-order valence-electron chi connectivity index (χ3n) is 4.40. The summed E-state index contributed by atoms with van der Waals surface area (Å²) in [7, 11) is 3.92. The molecule has 1 atom stereocenters. The third-order valence-corrected chi connectivity index (χ3v) is 4.40. The average Bonchev–Trinajstić information content (AvgIpc) is 2.67. The number of carbonyl (C=O) groups excluding carboxylic acids is 2. The first-order valence-corrected chi connectivity index (χ1v) is 8.96. The Labute approximate surface area is 159 Å². The van der Waals surface area contributed by atoms with Crippen LogP contribution in [0.5, 0.6) is 0 Å². The highest BCUT2D eigenvalue weighted by atomic mass is 19.1. The van der Waals surface area contributed by atoms with Gasteiger partial charge in [0.15, 0.2) is 0 Å². The van der Waals surface area contributed by atoms with Crippen LogP contribution < -0.4 is 10.6 Å². The second-order valence-corrected chi connectivity index (χ2v) is 6.57. The second-order valence-electron chi connectivity index (χ2n) is 6.57. The van der Waals surface area contributed by atoms with E-state index in [9.17, 15) is 14.0 Å². The zero-order valence-electron chi connectivity index (χ0n) is 16.0. The number of carbonyl (C=O) groups is 2. The number of nitrogens with one attached hydrogen (secondary N) is 2. The number of aryl methyl sites for hydroxylation is 1. The van der Waals surface area contributed by atoms with E-state index >= 15 is 0 Å². The van der Waals surface area contributed by atoms with Gasteiger partial charge in [0.1, 0.15) is 5.82 Å². The summed E-state index contributed by atoms with van der Waals surface area (Å²) in [5.74, 6) is -1.10. The van der Waals surface area contributed by atoms with E-state index in [0.717, 1.165) is 12.0 Å². The number of halogens is 1. The first-order chi connectivity index (χ1) is 12.9. The molecular formula is C21H26FN3O2. The molecule has 0 bridgehead atoms. The maximum Gasteiger partial charge on any atom is 0.251 e. The molecule has 0 aliphatic carbocycles. The number of benzene rings is 2. The Morgan fingerprint density at radius 3 is 2.19 bits per heavy atom. The summed E-state index contributed by atoms with van der Waals surface area (Å²) in [5.41, 5.74) is 2.70. The number of hydrogen-bond donors (Lipinski definition) is 2. The van der Waals surface area contributed by atoms with E-state index < -0.39 is 11.7 Å². The van der Waals surface area contributed by atoms with E-state index in [1.165, 1.54) is 29.8 Å². The summed E-state index contributed by atoms with van der Waals surface area (Å²) in [6.45, 7) is 2.41. The Kier molecular flexibility index (Phi) is 7.49.